The summed E-state index contributed by atoms with van der Waals surface area (Å²) in [5, 5.41) is 0. The zero-order valence-electron chi connectivity index (χ0n) is 16.9. The van der Waals surface area contributed by atoms with E-state index in [0.29, 0.717) is 26.2 Å². The van der Waals surface area contributed by atoms with Gasteiger partial charge in [0.1, 0.15) is 5.75 Å². The lowest BCUT2D eigenvalue weighted by atomic mass is 9.78. The quantitative estimate of drug-likeness (QED) is 0.779. The van der Waals surface area contributed by atoms with Gasteiger partial charge in [-0.05, 0) is 62.9 Å². The Bertz CT molecular complexity index is 731. The molecule has 1 unspecified atom stereocenters. The van der Waals surface area contributed by atoms with Crippen LogP contribution in [0.1, 0.15) is 37.7 Å². The first kappa shape index (κ1) is 19.2. The summed E-state index contributed by atoms with van der Waals surface area (Å²) >= 11 is 0. The van der Waals surface area contributed by atoms with Crippen molar-refractivity contribution in [2.24, 2.45) is 5.41 Å². The molecule has 1 atom stereocenters. The largest absolute Gasteiger partial charge is 0.497 e. The van der Waals surface area contributed by atoms with E-state index in [0.717, 1.165) is 50.2 Å². The van der Waals surface area contributed by atoms with Crippen LogP contribution in [-0.4, -0.2) is 72.9 Å². The number of carbonyl (C=O) groups is 2. The second-order valence-electron chi connectivity index (χ2n) is 8.51. The van der Waals surface area contributed by atoms with Gasteiger partial charge in [0.25, 0.3) is 0 Å². The van der Waals surface area contributed by atoms with Crippen molar-refractivity contribution in [2.45, 2.75) is 38.6 Å². The number of piperidine rings is 1. The van der Waals surface area contributed by atoms with Gasteiger partial charge in [-0.3, -0.25) is 14.5 Å². The molecule has 1 spiro atoms. The highest BCUT2D eigenvalue weighted by molar-refractivity contribution is 5.86. The zero-order valence-corrected chi connectivity index (χ0v) is 16.9. The van der Waals surface area contributed by atoms with E-state index in [1.165, 1.54) is 12.8 Å². The number of carbonyl (C=O) groups excluding carboxylic acids is 2. The third-order valence-electron chi connectivity index (χ3n) is 6.60. The highest BCUT2D eigenvalue weighted by Crippen LogP contribution is 2.40. The van der Waals surface area contributed by atoms with Crippen molar-refractivity contribution in [1.29, 1.82) is 0 Å². The van der Waals surface area contributed by atoms with Crippen molar-refractivity contribution in [3.63, 3.8) is 0 Å². The average Bonchev–Trinajstić information content (AvgIpc) is 3.36. The van der Waals surface area contributed by atoms with Crippen LogP contribution in [0, 0.1) is 5.41 Å². The molecule has 3 aliphatic heterocycles. The minimum atomic E-state index is -0.377. The molecule has 3 saturated heterocycles. The summed E-state index contributed by atoms with van der Waals surface area (Å²) in [5.74, 6) is 1.23. The van der Waals surface area contributed by atoms with Gasteiger partial charge in [-0.2, -0.15) is 0 Å². The van der Waals surface area contributed by atoms with Crippen LogP contribution in [0.25, 0.3) is 0 Å². The fourth-order valence-corrected chi connectivity index (χ4v) is 4.99. The number of rotatable bonds is 5. The van der Waals surface area contributed by atoms with Crippen molar-refractivity contribution in [3.05, 3.63) is 29.8 Å². The van der Waals surface area contributed by atoms with E-state index in [2.05, 4.69) is 4.90 Å². The molecule has 3 aliphatic rings. The predicted octanol–water partition coefficient (Wildman–Crippen LogP) is 2.13. The van der Waals surface area contributed by atoms with Gasteiger partial charge >= 0.3 is 0 Å². The standard InChI is InChI=1S/C22H31N3O3/c1-28-19-7-4-6-18(14-19)15-24-12-5-8-22(21(24)27)9-13-25(17-22)20(26)16-23-10-2-3-11-23/h4,6-7,14H,2-3,5,8-13,15-17H2,1H3. The molecule has 3 heterocycles. The van der Waals surface area contributed by atoms with Crippen molar-refractivity contribution < 1.29 is 14.3 Å². The molecule has 1 aromatic rings. The lowest BCUT2D eigenvalue weighted by Crippen LogP contribution is -2.50. The van der Waals surface area contributed by atoms with Gasteiger partial charge in [0.15, 0.2) is 0 Å². The van der Waals surface area contributed by atoms with E-state index in [1.54, 1.807) is 7.11 Å². The summed E-state index contributed by atoms with van der Waals surface area (Å²) in [5.41, 5.74) is 0.711. The number of likely N-dealkylation sites (tertiary alicyclic amines) is 3. The Balaban J connectivity index is 1.40. The second kappa shape index (κ2) is 8.11. The lowest BCUT2D eigenvalue weighted by Gasteiger charge is -2.39. The molecular weight excluding hydrogens is 354 g/mol. The molecule has 152 valence electrons. The van der Waals surface area contributed by atoms with Crippen LogP contribution in [0.4, 0.5) is 0 Å². The van der Waals surface area contributed by atoms with Crippen LogP contribution in [0.5, 0.6) is 5.75 Å². The van der Waals surface area contributed by atoms with Crippen molar-refractivity contribution in [3.8, 4) is 5.75 Å². The Morgan fingerprint density at radius 2 is 1.93 bits per heavy atom. The highest BCUT2D eigenvalue weighted by Gasteiger charge is 2.49. The fraction of sp³-hybridized carbons (Fsp3) is 0.636. The smallest absolute Gasteiger partial charge is 0.236 e. The molecule has 6 nitrogen and oxygen atoms in total. The summed E-state index contributed by atoms with van der Waals surface area (Å²) < 4.78 is 5.31. The maximum atomic E-state index is 13.4. The molecule has 28 heavy (non-hydrogen) atoms. The van der Waals surface area contributed by atoms with E-state index < -0.39 is 0 Å². The Hall–Kier alpha value is -2.08. The first-order valence-electron chi connectivity index (χ1n) is 10.5. The highest BCUT2D eigenvalue weighted by atomic mass is 16.5. The van der Waals surface area contributed by atoms with Gasteiger partial charge in [0, 0.05) is 26.2 Å². The number of hydrogen-bond donors (Lipinski definition) is 0. The molecule has 3 fully saturated rings. The maximum Gasteiger partial charge on any atom is 0.236 e. The number of methoxy groups -OCH3 is 1. The molecule has 2 amide bonds. The molecular formula is C22H31N3O3. The SMILES string of the molecule is COc1cccc(CN2CCCC3(CCN(C(=O)CN4CCCC4)C3)C2=O)c1. The zero-order chi connectivity index (χ0) is 19.6. The number of amides is 2. The second-order valence-corrected chi connectivity index (χ2v) is 8.51. The van der Waals surface area contributed by atoms with Crippen LogP contribution >= 0.6 is 0 Å². The molecule has 0 bridgehead atoms. The number of benzene rings is 1. The van der Waals surface area contributed by atoms with Gasteiger partial charge < -0.3 is 14.5 Å². The van der Waals surface area contributed by atoms with Crippen LogP contribution in [0.3, 0.4) is 0 Å². The number of nitrogens with zero attached hydrogens (tertiary/aromatic N) is 3. The lowest BCUT2D eigenvalue weighted by molar-refractivity contribution is -0.146. The van der Waals surface area contributed by atoms with E-state index in [4.69, 9.17) is 4.74 Å². The third-order valence-corrected chi connectivity index (χ3v) is 6.60. The van der Waals surface area contributed by atoms with Gasteiger partial charge in [-0.15, -0.1) is 0 Å². The Morgan fingerprint density at radius 1 is 1.11 bits per heavy atom. The topological polar surface area (TPSA) is 53.1 Å². The monoisotopic (exact) mass is 385 g/mol. The number of ether oxygens (including phenoxy) is 1. The van der Waals surface area contributed by atoms with E-state index in [9.17, 15) is 9.59 Å². The minimum Gasteiger partial charge on any atom is -0.497 e. The first-order valence-corrected chi connectivity index (χ1v) is 10.5. The molecule has 0 aromatic heterocycles. The van der Waals surface area contributed by atoms with Gasteiger partial charge in [0.05, 0.1) is 19.1 Å². The summed E-state index contributed by atoms with van der Waals surface area (Å²) in [6, 6.07) is 7.92. The summed E-state index contributed by atoms with van der Waals surface area (Å²) in [7, 11) is 1.66. The van der Waals surface area contributed by atoms with Crippen molar-refractivity contribution in [1.82, 2.24) is 14.7 Å². The fourth-order valence-electron chi connectivity index (χ4n) is 4.99. The molecule has 0 radical (unpaired) electrons. The Kier molecular flexibility index (Phi) is 5.58. The molecule has 6 heteroatoms. The van der Waals surface area contributed by atoms with Crippen LogP contribution in [0.2, 0.25) is 0 Å². The van der Waals surface area contributed by atoms with Crippen LogP contribution in [-0.2, 0) is 16.1 Å². The minimum absolute atomic E-state index is 0.191. The Morgan fingerprint density at radius 3 is 2.71 bits per heavy atom. The summed E-state index contributed by atoms with van der Waals surface area (Å²) in [6.07, 6.45) is 5.08. The third kappa shape index (κ3) is 3.88. The molecule has 0 saturated carbocycles. The number of hydrogen-bond acceptors (Lipinski definition) is 4. The first-order chi connectivity index (χ1) is 13.6. The summed E-state index contributed by atoms with van der Waals surface area (Å²) in [6.45, 7) is 5.27. The van der Waals surface area contributed by atoms with E-state index >= 15 is 0 Å². The van der Waals surface area contributed by atoms with E-state index in [1.807, 2.05) is 34.1 Å². The predicted molar refractivity (Wildman–Crippen MR) is 107 cm³/mol. The van der Waals surface area contributed by atoms with Gasteiger partial charge in [-0.25, -0.2) is 0 Å². The average molecular weight is 386 g/mol. The molecule has 0 aliphatic carbocycles. The molecule has 1 aromatic carbocycles. The van der Waals surface area contributed by atoms with E-state index in [-0.39, 0.29) is 17.2 Å². The summed E-state index contributed by atoms with van der Waals surface area (Å²) in [4.78, 5) is 32.2. The van der Waals surface area contributed by atoms with Gasteiger partial charge in [-0.1, -0.05) is 12.1 Å². The Labute approximate surface area is 167 Å². The normalized spacial score (nSPS) is 25.7. The van der Waals surface area contributed by atoms with Crippen molar-refractivity contribution in [2.75, 3.05) is 46.4 Å². The maximum absolute atomic E-state index is 13.4. The van der Waals surface area contributed by atoms with Gasteiger partial charge in [0.2, 0.25) is 11.8 Å². The molecule has 0 N–H and O–H groups in total. The van der Waals surface area contributed by atoms with Crippen LogP contribution in [0.15, 0.2) is 24.3 Å². The van der Waals surface area contributed by atoms with Crippen molar-refractivity contribution >= 4 is 11.8 Å². The molecule has 4 rings (SSSR count). The van der Waals surface area contributed by atoms with Crippen LogP contribution < -0.4 is 4.74 Å².